The fourth-order valence-electron chi connectivity index (χ4n) is 4.51. The lowest BCUT2D eigenvalue weighted by Gasteiger charge is -2.28. The molecule has 31 heavy (non-hydrogen) atoms. The van der Waals surface area contributed by atoms with Gasteiger partial charge in [-0.25, -0.2) is 4.79 Å². The number of halogens is 1. The Morgan fingerprint density at radius 2 is 1.71 bits per heavy atom. The quantitative estimate of drug-likeness (QED) is 0.438. The van der Waals surface area contributed by atoms with Crippen molar-refractivity contribution in [3.05, 3.63) is 90.7 Å². The van der Waals surface area contributed by atoms with E-state index in [-0.39, 0.29) is 17.4 Å². The van der Waals surface area contributed by atoms with Crippen molar-refractivity contribution in [1.29, 1.82) is 0 Å². The zero-order valence-corrected chi connectivity index (χ0v) is 19.1. The molecule has 1 aliphatic rings. The van der Waals surface area contributed by atoms with Gasteiger partial charge in [0.2, 0.25) is 0 Å². The minimum absolute atomic E-state index is 0.298. The number of fused-ring (bicyclic) bond motifs is 3. The maximum atomic E-state index is 13.4. The van der Waals surface area contributed by atoms with Crippen molar-refractivity contribution in [3.8, 4) is 11.3 Å². The molecule has 5 rings (SSSR count). The molecule has 0 radical (unpaired) electrons. The lowest BCUT2D eigenvalue weighted by atomic mass is 10.0. The van der Waals surface area contributed by atoms with Crippen molar-refractivity contribution < 1.29 is 4.74 Å². The Morgan fingerprint density at radius 3 is 2.42 bits per heavy atom. The molecule has 0 fully saturated rings. The highest BCUT2D eigenvalue weighted by Gasteiger charge is 2.33. The number of aryl methyl sites for hydroxylation is 2. The van der Waals surface area contributed by atoms with Crippen LogP contribution in [0.5, 0.6) is 0 Å². The number of hydrogen-bond donors (Lipinski definition) is 0. The van der Waals surface area contributed by atoms with Crippen LogP contribution in [0.2, 0.25) is 0 Å². The molecule has 0 spiro atoms. The van der Waals surface area contributed by atoms with Crippen LogP contribution in [0.4, 0.5) is 0 Å². The topological polar surface area (TPSA) is 58.2 Å². The van der Waals surface area contributed by atoms with E-state index in [1.165, 1.54) is 11.6 Å². The van der Waals surface area contributed by atoms with E-state index in [1.807, 2.05) is 43.3 Å². The molecule has 0 bridgehead atoms. The minimum Gasteiger partial charge on any atom is -0.365 e. The lowest BCUT2D eigenvalue weighted by molar-refractivity contribution is 0.0478. The summed E-state index contributed by atoms with van der Waals surface area (Å²) in [6.07, 6.45) is -0.370. The van der Waals surface area contributed by atoms with Gasteiger partial charge in [0.15, 0.2) is 0 Å². The Balaban J connectivity index is 1.96. The van der Waals surface area contributed by atoms with Crippen LogP contribution in [-0.2, 0) is 25.4 Å². The van der Waals surface area contributed by atoms with E-state index in [1.54, 1.807) is 11.6 Å². The van der Waals surface area contributed by atoms with Crippen LogP contribution in [-0.4, -0.2) is 20.3 Å². The van der Waals surface area contributed by atoms with Crippen LogP contribution in [0.3, 0.4) is 0 Å². The van der Waals surface area contributed by atoms with Crippen LogP contribution in [0.1, 0.15) is 22.9 Å². The monoisotopic (exact) mass is 479 g/mol. The molecular weight excluding hydrogens is 458 g/mol. The zero-order valence-electron chi connectivity index (χ0n) is 17.6. The molecule has 0 saturated carbocycles. The summed E-state index contributed by atoms with van der Waals surface area (Å²) in [5, 5.41) is 0.536. The highest BCUT2D eigenvalue weighted by atomic mass is 79.9. The Kier molecular flexibility index (Phi) is 4.75. The Bertz CT molecular complexity index is 1440. The summed E-state index contributed by atoms with van der Waals surface area (Å²) in [5.41, 5.74) is 4.71. The molecule has 1 atom stereocenters. The lowest BCUT2D eigenvalue weighted by Crippen LogP contribution is -2.37. The Hall–Kier alpha value is -2.90. The standard InChI is InChI=1S/C24H22BrN3O3/c1-14-8-10-15(11-9-14)22-21-20-18(23(29)27(3)24(30)26(20)2)19(28(21)12-13-31-22)16-6-4-5-7-17(16)25/h4-11,22H,12-13H2,1-3H3/t22-/m1/s1. The summed E-state index contributed by atoms with van der Waals surface area (Å²) >= 11 is 3.65. The van der Waals surface area contributed by atoms with Gasteiger partial charge in [0, 0.05) is 30.7 Å². The number of benzene rings is 2. The molecule has 0 amide bonds. The van der Waals surface area contributed by atoms with Crippen molar-refractivity contribution in [2.24, 2.45) is 14.1 Å². The van der Waals surface area contributed by atoms with Crippen LogP contribution in [0.25, 0.3) is 22.2 Å². The third kappa shape index (κ3) is 2.95. The number of nitrogens with zero attached hydrogens (tertiary/aromatic N) is 3. The maximum absolute atomic E-state index is 13.4. The Morgan fingerprint density at radius 1 is 1.00 bits per heavy atom. The molecule has 2 aromatic heterocycles. The molecule has 0 unspecified atom stereocenters. The van der Waals surface area contributed by atoms with Crippen LogP contribution < -0.4 is 11.2 Å². The van der Waals surface area contributed by atoms with Gasteiger partial charge < -0.3 is 9.30 Å². The molecule has 2 aromatic carbocycles. The number of rotatable bonds is 2. The average molecular weight is 480 g/mol. The van der Waals surface area contributed by atoms with Gasteiger partial charge in [0.1, 0.15) is 6.10 Å². The predicted molar refractivity (Wildman–Crippen MR) is 125 cm³/mol. The SMILES string of the molecule is Cc1ccc([C@H]2OCCn3c(-c4ccccc4Br)c4c(=O)n(C)c(=O)n(C)c4c32)cc1. The summed E-state index contributed by atoms with van der Waals surface area (Å²) < 4.78 is 12.0. The van der Waals surface area contributed by atoms with E-state index in [2.05, 4.69) is 32.6 Å². The summed E-state index contributed by atoms with van der Waals surface area (Å²) in [5.74, 6) is 0. The van der Waals surface area contributed by atoms with E-state index in [4.69, 9.17) is 4.74 Å². The zero-order chi connectivity index (χ0) is 21.9. The first kappa shape index (κ1) is 20.0. The van der Waals surface area contributed by atoms with E-state index in [0.717, 1.165) is 32.6 Å². The number of aromatic nitrogens is 3. The molecule has 7 heteroatoms. The van der Waals surface area contributed by atoms with Crippen LogP contribution >= 0.6 is 15.9 Å². The van der Waals surface area contributed by atoms with Gasteiger partial charge in [0.05, 0.1) is 28.9 Å². The first-order chi connectivity index (χ1) is 14.9. The smallest absolute Gasteiger partial charge is 0.331 e. The van der Waals surface area contributed by atoms with E-state index in [9.17, 15) is 9.59 Å². The maximum Gasteiger partial charge on any atom is 0.331 e. The summed E-state index contributed by atoms with van der Waals surface area (Å²) in [6, 6.07) is 16.1. The van der Waals surface area contributed by atoms with Crippen molar-refractivity contribution in [1.82, 2.24) is 13.7 Å². The van der Waals surface area contributed by atoms with E-state index >= 15 is 0 Å². The van der Waals surface area contributed by atoms with Gasteiger partial charge in [-0.05, 0) is 18.6 Å². The fourth-order valence-corrected chi connectivity index (χ4v) is 4.98. The molecule has 3 heterocycles. The first-order valence-electron chi connectivity index (χ1n) is 10.1. The summed E-state index contributed by atoms with van der Waals surface area (Å²) in [6.45, 7) is 3.15. The molecule has 0 saturated heterocycles. The third-order valence-corrected chi connectivity index (χ3v) is 6.75. The van der Waals surface area contributed by atoms with E-state index in [0.29, 0.717) is 24.1 Å². The number of ether oxygens (including phenoxy) is 1. The fraction of sp³-hybridized carbons (Fsp3) is 0.250. The van der Waals surface area contributed by atoms with Gasteiger partial charge in [-0.1, -0.05) is 64.0 Å². The normalized spacial score (nSPS) is 15.9. The highest BCUT2D eigenvalue weighted by molar-refractivity contribution is 9.10. The van der Waals surface area contributed by atoms with Gasteiger partial charge in [0.25, 0.3) is 5.56 Å². The average Bonchev–Trinajstić information content (AvgIpc) is 3.12. The molecule has 4 aromatic rings. The summed E-state index contributed by atoms with van der Waals surface area (Å²) in [7, 11) is 3.24. The summed E-state index contributed by atoms with van der Waals surface area (Å²) in [4.78, 5) is 26.2. The highest BCUT2D eigenvalue weighted by Crippen LogP contribution is 2.42. The second-order valence-corrected chi connectivity index (χ2v) is 8.81. The molecular formula is C24H22BrN3O3. The predicted octanol–water partition coefficient (Wildman–Crippen LogP) is 3.90. The van der Waals surface area contributed by atoms with Crippen molar-refractivity contribution in [3.63, 3.8) is 0 Å². The molecule has 1 aliphatic heterocycles. The van der Waals surface area contributed by atoms with Crippen molar-refractivity contribution in [2.75, 3.05) is 6.61 Å². The van der Waals surface area contributed by atoms with Gasteiger partial charge in [-0.15, -0.1) is 0 Å². The largest absolute Gasteiger partial charge is 0.365 e. The molecule has 0 aliphatic carbocycles. The number of hydrogen-bond acceptors (Lipinski definition) is 3. The van der Waals surface area contributed by atoms with Crippen molar-refractivity contribution in [2.45, 2.75) is 19.6 Å². The van der Waals surface area contributed by atoms with Gasteiger partial charge in [-0.3, -0.25) is 13.9 Å². The first-order valence-corrected chi connectivity index (χ1v) is 10.9. The Labute approximate surface area is 187 Å². The van der Waals surface area contributed by atoms with Crippen LogP contribution in [0.15, 0.2) is 62.6 Å². The van der Waals surface area contributed by atoms with Crippen LogP contribution in [0, 0.1) is 6.92 Å². The van der Waals surface area contributed by atoms with Crippen molar-refractivity contribution >= 4 is 26.8 Å². The molecule has 158 valence electrons. The molecule has 6 nitrogen and oxygen atoms in total. The second-order valence-electron chi connectivity index (χ2n) is 7.96. The second kappa shape index (κ2) is 7.35. The van der Waals surface area contributed by atoms with Gasteiger partial charge in [-0.2, -0.15) is 0 Å². The molecule has 0 N–H and O–H groups in total. The van der Waals surface area contributed by atoms with E-state index < -0.39 is 0 Å². The van der Waals surface area contributed by atoms with Gasteiger partial charge >= 0.3 is 5.69 Å². The minimum atomic E-state index is -0.370. The third-order valence-electron chi connectivity index (χ3n) is 6.06.